The Morgan fingerprint density at radius 1 is 1.00 bits per heavy atom. The van der Waals surface area contributed by atoms with Crippen LogP contribution in [0.3, 0.4) is 0 Å². The highest BCUT2D eigenvalue weighted by atomic mass is 16.5. The van der Waals surface area contributed by atoms with Crippen LogP contribution < -0.4 is 10.2 Å². The van der Waals surface area contributed by atoms with Crippen molar-refractivity contribution in [1.82, 2.24) is 10.3 Å². The van der Waals surface area contributed by atoms with E-state index in [4.69, 9.17) is 9.15 Å². The van der Waals surface area contributed by atoms with Gasteiger partial charge in [-0.2, -0.15) is 0 Å². The van der Waals surface area contributed by atoms with Crippen molar-refractivity contribution in [1.29, 1.82) is 0 Å². The highest BCUT2D eigenvalue weighted by Crippen LogP contribution is 2.31. The van der Waals surface area contributed by atoms with Gasteiger partial charge in [0.1, 0.15) is 0 Å². The van der Waals surface area contributed by atoms with Gasteiger partial charge in [0.25, 0.3) is 5.91 Å². The minimum Gasteiger partial charge on any atom is -0.459 e. The molecule has 2 atom stereocenters. The molecule has 1 aliphatic carbocycles. The Kier molecular flexibility index (Phi) is 8.79. The van der Waals surface area contributed by atoms with Gasteiger partial charge in [0, 0.05) is 24.1 Å². The zero-order chi connectivity index (χ0) is 26.9. The van der Waals surface area contributed by atoms with Crippen LogP contribution >= 0.6 is 0 Å². The summed E-state index contributed by atoms with van der Waals surface area (Å²) in [7, 11) is 0. The molecule has 6 nitrogen and oxygen atoms in total. The summed E-state index contributed by atoms with van der Waals surface area (Å²) in [5, 5.41) is 3.44. The van der Waals surface area contributed by atoms with E-state index in [1.807, 2.05) is 54.6 Å². The number of nitrogens with zero attached hydrogens (tertiary/aromatic N) is 2. The highest BCUT2D eigenvalue weighted by Gasteiger charge is 2.30. The Balaban J connectivity index is 1.40. The summed E-state index contributed by atoms with van der Waals surface area (Å²) < 4.78 is 11.7. The maximum atomic E-state index is 13.8. The fraction of sp³-hybridized carbons (Fsp3) is 0.212. The largest absolute Gasteiger partial charge is 0.459 e. The topological polar surface area (TPSA) is 67.6 Å². The minimum absolute atomic E-state index is 0.171. The van der Waals surface area contributed by atoms with E-state index in [0.29, 0.717) is 6.73 Å². The molecule has 0 saturated carbocycles. The zero-order valence-electron chi connectivity index (χ0n) is 22.1. The molecule has 0 unspecified atom stereocenters. The Morgan fingerprint density at radius 2 is 1.82 bits per heavy atom. The first-order valence-corrected chi connectivity index (χ1v) is 13.3. The quantitative estimate of drug-likeness (QED) is 0.171. The number of hydrogen-bond donors (Lipinski definition) is 1. The number of rotatable bonds is 11. The number of furan rings is 1. The molecule has 4 aromatic rings. The van der Waals surface area contributed by atoms with E-state index in [-0.39, 0.29) is 24.3 Å². The number of pyridine rings is 1. The Bertz CT molecular complexity index is 1380. The van der Waals surface area contributed by atoms with Crippen LogP contribution in [0.25, 0.3) is 11.1 Å². The van der Waals surface area contributed by atoms with E-state index in [1.54, 1.807) is 29.4 Å². The molecule has 0 saturated heterocycles. The molecular formula is C33H33N3O3. The summed E-state index contributed by atoms with van der Waals surface area (Å²) in [5.74, 6) is 0.0162. The lowest BCUT2D eigenvalue weighted by molar-refractivity contribution is 0.0832. The highest BCUT2D eigenvalue weighted by molar-refractivity contribution is 6.04. The standard InChI is InChI=1S/C33H33N3O3/c1-25(26-10-4-2-5-11-26)35-24-38-23-31(29-14-8-20-34-22-29)36(33(37)32-15-9-21-39-32)30-18-16-28(17-19-30)27-12-6-3-7-13-27/h3-4,6-22,25,31,35H,2,5,23-24H2,1H3/t25-,31-/m0/s1. The fourth-order valence-electron chi connectivity index (χ4n) is 4.72. The molecule has 0 radical (unpaired) electrons. The van der Waals surface area contributed by atoms with Crippen molar-refractivity contribution >= 4 is 11.6 Å². The van der Waals surface area contributed by atoms with E-state index in [0.717, 1.165) is 35.2 Å². The fourth-order valence-corrected chi connectivity index (χ4v) is 4.72. The van der Waals surface area contributed by atoms with Crippen molar-refractivity contribution in [2.24, 2.45) is 0 Å². The second-order valence-electron chi connectivity index (χ2n) is 9.49. The van der Waals surface area contributed by atoms with Crippen LogP contribution in [-0.2, 0) is 4.74 Å². The lowest BCUT2D eigenvalue weighted by Crippen LogP contribution is -2.38. The van der Waals surface area contributed by atoms with Crippen LogP contribution in [-0.4, -0.2) is 30.3 Å². The van der Waals surface area contributed by atoms with Crippen molar-refractivity contribution in [2.45, 2.75) is 31.8 Å². The second-order valence-corrected chi connectivity index (χ2v) is 9.49. The number of hydrogen-bond acceptors (Lipinski definition) is 5. The van der Waals surface area contributed by atoms with E-state index in [1.165, 1.54) is 11.8 Å². The summed E-state index contributed by atoms with van der Waals surface area (Å²) in [4.78, 5) is 19.9. The lowest BCUT2D eigenvalue weighted by atomic mass is 10.0. The molecule has 6 heteroatoms. The molecule has 1 amide bonds. The number of carbonyl (C=O) groups excluding carboxylic acids is 1. The third-order valence-electron chi connectivity index (χ3n) is 6.88. The average molecular weight is 520 g/mol. The van der Waals surface area contributed by atoms with Crippen molar-refractivity contribution in [2.75, 3.05) is 18.2 Å². The number of allylic oxidation sites excluding steroid dienone is 2. The smallest absolute Gasteiger partial charge is 0.294 e. The number of aromatic nitrogens is 1. The van der Waals surface area contributed by atoms with E-state index < -0.39 is 6.04 Å². The Labute approximate surface area is 229 Å². The predicted molar refractivity (Wildman–Crippen MR) is 154 cm³/mol. The first kappa shape index (κ1) is 26.4. The molecule has 0 spiro atoms. The summed E-state index contributed by atoms with van der Waals surface area (Å²) in [6.07, 6.45) is 13.8. The molecule has 1 aliphatic rings. The van der Waals surface area contributed by atoms with Crippen LogP contribution in [0.15, 0.2) is 126 Å². The number of nitrogens with one attached hydrogen (secondary N) is 1. The minimum atomic E-state index is -0.426. The van der Waals surface area contributed by atoms with Crippen molar-refractivity contribution in [3.05, 3.63) is 133 Å². The van der Waals surface area contributed by atoms with Crippen LogP contribution in [0.1, 0.15) is 41.9 Å². The van der Waals surface area contributed by atoms with Crippen LogP contribution in [0.5, 0.6) is 0 Å². The monoisotopic (exact) mass is 519 g/mol. The molecular weight excluding hydrogens is 486 g/mol. The summed E-state index contributed by atoms with van der Waals surface area (Å²) >= 11 is 0. The van der Waals surface area contributed by atoms with Gasteiger partial charge >= 0.3 is 0 Å². The molecule has 2 aromatic carbocycles. The number of benzene rings is 2. The molecule has 39 heavy (non-hydrogen) atoms. The molecule has 0 aliphatic heterocycles. The normalized spacial score (nSPS) is 14.4. The third-order valence-corrected chi connectivity index (χ3v) is 6.88. The number of amides is 1. The van der Waals surface area contributed by atoms with Gasteiger partial charge in [0.2, 0.25) is 0 Å². The van der Waals surface area contributed by atoms with E-state index >= 15 is 0 Å². The van der Waals surface area contributed by atoms with Gasteiger partial charge in [-0.3, -0.25) is 20.0 Å². The number of carbonyl (C=O) groups is 1. The molecule has 2 aromatic heterocycles. The van der Waals surface area contributed by atoms with Crippen LogP contribution in [0.4, 0.5) is 5.69 Å². The first-order valence-electron chi connectivity index (χ1n) is 13.3. The lowest BCUT2D eigenvalue weighted by Gasteiger charge is -2.32. The summed E-state index contributed by atoms with van der Waals surface area (Å²) in [6.45, 7) is 2.75. The van der Waals surface area contributed by atoms with Gasteiger partial charge in [-0.05, 0) is 72.4 Å². The Hall–Kier alpha value is -4.26. The van der Waals surface area contributed by atoms with Crippen molar-refractivity contribution in [3.63, 3.8) is 0 Å². The van der Waals surface area contributed by atoms with Crippen molar-refractivity contribution < 1.29 is 13.9 Å². The maximum absolute atomic E-state index is 13.8. The first-order chi connectivity index (χ1) is 19.2. The van der Waals surface area contributed by atoms with Crippen molar-refractivity contribution in [3.8, 4) is 11.1 Å². The molecule has 2 heterocycles. The third kappa shape index (κ3) is 6.60. The molecule has 1 N–H and O–H groups in total. The van der Waals surface area contributed by atoms with Gasteiger partial charge in [-0.1, -0.05) is 66.8 Å². The van der Waals surface area contributed by atoms with E-state index in [9.17, 15) is 4.79 Å². The number of anilines is 1. The molecule has 0 bridgehead atoms. The SMILES string of the molecule is C[C@H](NCOC[C@@H](c1cccnc1)N(C(=O)c1ccco1)c1ccc(-c2ccccc2)cc1)C1=CCCC=C1. The molecule has 198 valence electrons. The number of ether oxygens (including phenoxy) is 1. The van der Waals surface area contributed by atoms with Crippen LogP contribution in [0.2, 0.25) is 0 Å². The second kappa shape index (κ2) is 13.0. The van der Waals surface area contributed by atoms with Gasteiger partial charge < -0.3 is 9.15 Å². The maximum Gasteiger partial charge on any atom is 0.294 e. The zero-order valence-corrected chi connectivity index (χ0v) is 22.1. The van der Waals surface area contributed by atoms with Gasteiger partial charge in [0.15, 0.2) is 5.76 Å². The van der Waals surface area contributed by atoms with E-state index in [2.05, 4.69) is 47.6 Å². The molecule has 0 fully saturated rings. The Morgan fingerprint density at radius 3 is 2.51 bits per heavy atom. The van der Waals surface area contributed by atoms with Gasteiger partial charge in [-0.25, -0.2) is 0 Å². The summed E-state index contributed by atoms with van der Waals surface area (Å²) in [5.41, 5.74) is 5.07. The average Bonchev–Trinajstić information content (AvgIpc) is 3.55. The van der Waals surface area contributed by atoms with Gasteiger partial charge in [0.05, 0.1) is 25.6 Å². The molecule has 5 rings (SSSR count). The van der Waals surface area contributed by atoms with Crippen LogP contribution in [0, 0.1) is 0 Å². The predicted octanol–water partition coefficient (Wildman–Crippen LogP) is 6.96. The van der Waals surface area contributed by atoms with Gasteiger partial charge in [-0.15, -0.1) is 0 Å². The summed E-state index contributed by atoms with van der Waals surface area (Å²) in [6, 6.07) is 25.2.